The molecule has 1 unspecified atom stereocenters. The molecule has 0 bridgehead atoms. The van der Waals surface area contributed by atoms with Crippen molar-refractivity contribution in [1.29, 1.82) is 0 Å². The van der Waals surface area contributed by atoms with E-state index in [9.17, 15) is 0 Å². The topological polar surface area (TPSA) is 59.5 Å². The summed E-state index contributed by atoms with van der Waals surface area (Å²) >= 11 is 6.55. The molecule has 2 aromatic carbocycles. The Labute approximate surface area is 208 Å². The molecule has 0 spiro atoms. The molecule has 182 valence electrons. The van der Waals surface area contributed by atoms with Crippen molar-refractivity contribution in [3.05, 3.63) is 52.8 Å². The average Bonchev–Trinajstić information content (AvgIpc) is 2.85. The largest absolute Gasteiger partial charge is 0.493 e. The fourth-order valence-electron chi connectivity index (χ4n) is 3.93. The van der Waals surface area contributed by atoms with E-state index in [-0.39, 0.29) is 6.04 Å². The van der Waals surface area contributed by atoms with Gasteiger partial charge >= 0.3 is 0 Å². The second-order valence-corrected chi connectivity index (χ2v) is 8.63. The maximum Gasteiger partial charge on any atom is 0.161 e. The van der Waals surface area contributed by atoms with Gasteiger partial charge in [-0.1, -0.05) is 43.7 Å². The number of aromatic nitrogens is 2. The van der Waals surface area contributed by atoms with Crippen LogP contribution in [0.4, 0.5) is 5.82 Å². The summed E-state index contributed by atoms with van der Waals surface area (Å²) in [4.78, 5) is 12.0. The first-order valence-electron chi connectivity index (χ1n) is 11.8. The monoisotopic (exact) mass is 482 g/mol. The van der Waals surface area contributed by atoms with Crippen LogP contribution in [0.3, 0.4) is 0 Å². The number of nitrogens with one attached hydrogen (secondary N) is 1. The summed E-state index contributed by atoms with van der Waals surface area (Å²) in [5.74, 6) is 2.75. The highest BCUT2D eigenvalue weighted by Crippen LogP contribution is 2.30. The molecule has 0 aliphatic heterocycles. The molecule has 0 saturated carbocycles. The third kappa shape index (κ3) is 6.61. The maximum absolute atomic E-state index is 6.55. The van der Waals surface area contributed by atoms with Crippen molar-refractivity contribution >= 4 is 40.5 Å². The van der Waals surface area contributed by atoms with E-state index in [0.717, 1.165) is 54.8 Å². The summed E-state index contributed by atoms with van der Waals surface area (Å²) in [6.07, 6.45) is 6.03. The molecule has 3 rings (SSSR count). The third-order valence-corrected chi connectivity index (χ3v) is 6.23. The van der Waals surface area contributed by atoms with Gasteiger partial charge in [0.1, 0.15) is 5.82 Å². The first-order chi connectivity index (χ1) is 16.5. The molecular weight excluding hydrogens is 448 g/mol. The van der Waals surface area contributed by atoms with Crippen molar-refractivity contribution in [3.63, 3.8) is 0 Å². The predicted molar refractivity (Wildman–Crippen MR) is 143 cm³/mol. The number of ether oxygens (including phenoxy) is 2. The van der Waals surface area contributed by atoms with E-state index >= 15 is 0 Å². The molecule has 1 atom stereocenters. The van der Waals surface area contributed by atoms with E-state index in [0.29, 0.717) is 22.3 Å². The minimum Gasteiger partial charge on any atom is -0.493 e. The standard InChI is InChI=1S/C27H35ClN4O2/c1-6-32(7-2)17-9-10-19(3)29-27-26-21(28)11-8-12-22(26)30-25(31-27)16-14-20-13-15-23(33-4)24(18-20)34-5/h8,11-16,18-19H,6-7,9-10,17H2,1-5H3,(H,29,30,31)/b16-14+. The lowest BCUT2D eigenvalue weighted by atomic mass is 10.1. The molecule has 3 aromatic rings. The SMILES string of the molecule is CCN(CC)CCCC(C)Nc1nc(/C=C/c2ccc(OC)c(OC)c2)nc2cccc(Cl)c12. The zero-order chi connectivity index (χ0) is 24.5. The molecule has 0 fully saturated rings. The molecule has 0 amide bonds. The summed E-state index contributed by atoms with van der Waals surface area (Å²) in [7, 11) is 3.25. The third-order valence-electron chi connectivity index (χ3n) is 5.91. The molecule has 0 saturated heterocycles. The highest BCUT2D eigenvalue weighted by Gasteiger charge is 2.13. The van der Waals surface area contributed by atoms with Crippen LogP contribution < -0.4 is 14.8 Å². The van der Waals surface area contributed by atoms with Crippen LogP contribution in [0.15, 0.2) is 36.4 Å². The van der Waals surface area contributed by atoms with Gasteiger partial charge < -0.3 is 19.7 Å². The molecule has 7 heteroatoms. The maximum atomic E-state index is 6.55. The smallest absolute Gasteiger partial charge is 0.161 e. The Morgan fingerprint density at radius 1 is 1.03 bits per heavy atom. The normalized spacial score (nSPS) is 12.4. The summed E-state index contributed by atoms with van der Waals surface area (Å²) in [5, 5.41) is 5.08. The average molecular weight is 483 g/mol. The fraction of sp³-hybridized carbons (Fsp3) is 0.407. The van der Waals surface area contributed by atoms with Crippen LogP contribution in [0.25, 0.3) is 23.1 Å². The fourth-order valence-corrected chi connectivity index (χ4v) is 4.19. The minimum atomic E-state index is 0.257. The predicted octanol–water partition coefficient (Wildman–Crippen LogP) is 6.39. The van der Waals surface area contributed by atoms with E-state index in [4.69, 9.17) is 31.0 Å². The van der Waals surface area contributed by atoms with Crippen molar-refractivity contribution in [2.24, 2.45) is 0 Å². The second kappa shape index (κ2) is 12.6. The number of fused-ring (bicyclic) bond motifs is 1. The van der Waals surface area contributed by atoms with E-state index < -0.39 is 0 Å². The van der Waals surface area contributed by atoms with Crippen LogP contribution in [-0.2, 0) is 0 Å². The lowest BCUT2D eigenvalue weighted by Gasteiger charge is -2.20. The van der Waals surface area contributed by atoms with E-state index in [2.05, 4.69) is 31.0 Å². The van der Waals surface area contributed by atoms with E-state index in [1.54, 1.807) is 14.2 Å². The van der Waals surface area contributed by atoms with Gasteiger partial charge in [0.25, 0.3) is 0 Å². The summed E-state index contributed by atoms with van der Waals surface area (Å²) in [5.41, 5.74) is 1.78. The minimum absolute atomic E-state index is 0.257. The molecule has 1 N–H and O–H groups in total. The highest BCUT2D eigenvalue weighted by atomic mass is 35.5. The van der Waals surface area contributed by atoms with Crippen LogP contribution >= 0.6 is 11.6 Å². The Balaban J connectivity index is 1.83. The van der Waals surface area contributed by atoms with Crippen LogP contribution in [-0.4, -0.2) is 54.8 Å². The zero-order valence-electron chi connectivity index (χ0n) is 20.8. The zero-order valence-corrected chi connectivity index (χ0v) is 21.5. The van der Waals surface area contributed by atoms with Crippen molar-refractivity contribution in [3.8, 4) is 11.5 Å². The van der Waals surface area contributed by atoms with Gasteiger partial charge in [-0.25, -0.2) is 9.97 Å². The van der Waals surface area contributed by atoms with Gasteiger partial charge in [-0.15, -0.1) is 0 Å². The van der Waals surface area contributed by atoms with E-state index in [1.165, 1.54) is 0 Å². The summed E-state index contributed by atoms with van der Waals surface area (Å²) in [6, 6.07) is 11.8. The molecule has 6 nitrogen and oxygen atoms in total. The molecule has 1 heterocycles. The first kappa shape index (κ1) is 25.8. The molecule has 34 heavy (non-hydrogen) atoms. The Hall–Kier alpha value is -2.83. The van der Waals surface area contributed by atoms with Gasteiger partial charge in [-0.05, 0) is 75.3 Å². The van der Waals surface area contributed by atoms with Crippen LogP contribution in [0.5, 0.6) is 11.5 Å². The Morgan fingerprint density at radius 3 is 2.50 bits per heavy atom. The lowest BCUT2D eigenvalue weighted by Crippen LogP contribution is -2.25. The van der Waals surface area contributed by atoms with Crippen molar-refractivity contribution < 1.29 is 9.47 Å². The van der Waals surface area contributed by atoms with Gasteiger partial charge in [0.15, 0.2) is 17.3 Å². The quantitative estimate of drug-likeness (QED) is 0.322. The number of nitrogens with zero attached hydrogens (tertiary/aromatic N) is 3. The van der Waals surface area contributed by atoms with Crippen LogP contribution in [0.2, 0.25) is 5.02 Å². The first-order valence-corrected chi connectivity index (χ1v) is 12.2. The number of halogens is 1. The molecule has 0 aliphatic carbocycles. The number of methoxy groups -OCH3 is 2. The lowest BCUT2D eigenvalue weighted by molar-refractivity contribution is 0.295. The van der Waals surface area contributed by atoms with Gasteiger partial charge in [-0.2, -0.15) is 0 Å². The molecule has 0 radical (unpaired) electrons. The Kier molecular flexibility index (Phi) is 9.54. The Morgan fingerprint density at radius 2 is 1.79 bits per heavy atom. The van der Waals surface area contributed by atoms with Crippen LogP contribution in [0.1, 0.15) is 45.0 Å². The van der Waals surface area contributed by atoms with Crippen molar-refractivity contribution in [2.75, 3.05) is 39.2 Å². The number of hydrogen-bond acceptors (Lipinski definition) is 6. The molecule has 0 aliphatic rings. The van der Waals surface area contributed by atoms with Crippen molar-refractivity contribution in [1.82, 2.24) is 14.9 Å². The number of benzene rings is 2. The number of hydrogen-bond donors (Lipinski definition) is 1. The second-order valence-electron chi connectivity index (χ2n) is 8.23. The van der Waals surface area contributed by atoms with E-state index in [1.807, 2.05) is 48.6 Å². The van der Waals surface area contributed by atoms with Crippen molar-refractivity contribution in [2.45, 2.75) is 39.7 Å². The molecular formula is C27H35ClN4O2. The van der Waals surface area contributed by atoms with Gasteiger partial charge in [0.05, 0.1) is 30.1 Å². The Bertz CT molecular complexity index is 1120. The molecule has 1 aromatic heterocycles. The van der Waals surface area contributed by atoms with Gasteiger partial charge in [0, 0.05) is 6.04 Å². The number of anilines is 1. The van der Waals surface area contributed by atoms with Gasteiger partial charge in [-0.3, -0.25) is 0 Å². The summed E-state index contributed by atoms with van der Waals surface area (Å²) in [6.45, 7) is 9.87. The number of rotatable bonds is 12. The van der Waals surface area contributed by atoms with Gasteiger partial charge in [0.2, 0.25) is 0 Å². The highest BCUT2D eigenvalue weighted by molar-refractivity contribution is 6.36. The summed E-state index contributed by atoms with van der Waals surface area (Å²) < 4.78 is 10.7. The van der Waals surface area contributed by atoms with Crippen LogP contribution in [0, 0.1) is 0 Å².